The van der Waals surface area contributed by atoms with Gasteiger partial charge >= 0.3 is 0 Å². The van der Waals surface area contributed by atoms with Crippen LogP contribution < -0.4 is 5.30 Å². The molecule has 0 radical (unpaired) electrons. The second-order valence-electron chi connectivity index (χ2n) is 3.89. The molecule has 1 fully saturated rings. The van der Waals surface area contributed by atoms with Crippen molar-refractivity contribution < 1.29 is 0 Å². The van der Waals surface area contributed by atoms with Crippen LogP contribution in [0.3, 0.4) is 0 Å². The molecule has 1 aromatic carbocycles. The first-order valence-corrected chi connectivity index (χ1v) is 6.45. The Balaban J connectivity index is 1.91. The molecular formula is C12H13P. The minimum absolute atomic E-state index is 0.0655. The highest BCUT2D eigenvalue weighted by Crippen LogP contribution is 2.59. The van der Waals surface area contributed by atoms with Gasteiger partial charge in [0.15, 0.2) is 0 Å². The van der Waals surface area contributed by atoms with Gasteiger partial charge in [-0.25, -0.2) is 0 Å². The molecule has 0 saturated heterocycles. The van der Waals surface area contributed by atoms with E-state index in [4.69, 9.17) is 0 Å². The maximum absolute atomic E-state index is 2.48. The Bertz CT molecular complexity index is 328. The van der Waals surface area contributed by atoms with Gasteiger partial charge in [-0.1, -0.05) is 42.2 Å². The highest BCUT2D eigenvalue weighted by Gasteiger charge is 2.38. The average molecular weight is 188 g/mol. The molecule has 1 aromatic rings. The molecule has 0 aromatic heterocycles. The molecule has 3 unspecified atom stereocenters. The van der Waals surface area contributed by atoms with Crippen molar-refractivity contribution in [2.75, 3.05) is 0 Å². The lowest BCUT2D eigenvalue weighted by atomic mass is 9.85. The zero-order chi connectivity index (χ0) is 8.67. The summed E-state index contributed by atoms with van der Waals surface area (Å²) >= 11 is 0. The smallest absolute Gasteiger partial charge is 0.00711 e. The molecule has 66 valence electrons. The third-order valence-corrected chi connectivity index (χ3v) is 5.94. The van der Waals surface area contributed by atoms with E-state index in [0.717, 1.165) is 11.6 Å². The molecule has 1 heterocycles. The number of allylic oxidation sites excluding steroid dienone is 1. The molecule has 1 saturated carbocycles. The molecule has 0 amide bonds. The number of fused-ring (bicyclic) bond motifs is 1. The van der Waals surface area contributed by atoms with E-state index >= 15 is 0 Å². The molecule has 1 heteroatoms. The van der Waals surface area contributed by atoms with Crippen molar-refractivity contribution in [2.24, 2.45) is 5.92 Å². The second-order valence-corrected chi connectivity index (χ2v) is 6.19. The molecule has 0 N–H and O–H groups in total. The quantitative estimate of drug-likeness (QED) is 0.594. The van der Waals surface area contributed by atoms with Crippen LogP contribution in [0, 0.1) is 5.92 Å². The van der Waals surface area contributed by atoms with Crippen LogP contribution in [0.2, 0.25) is 0 Å². The third-order valence-electron chi connectivity index (χ3n) is 3.20. The van der Waals surface area contributed by atoms with E-state index < -0.39 is 0 Å². The maximum Gasteiger partial charge on any atom is -0.00711 e. The molecule has 3 atom stereocenters. The van der Waals surface area contributed by atoms with Crippen molar-refractivity contribution in [3.63, 3.8) is 0 Å². The fourth-order valence-electron chi connectivity index (χ4n) is 2.27. The lowest BCUT2D eigenvalue weighted by Crippen LogP contribution is -2.26. The topological polar surface area (TPSA) is 0 Å². The summed E-state index contributed by atoms with van der Waals surface area (Å²) in [5.41, 5.74) is 0.998. The van der Waals surface area contributed by atoms with E-state index in [-0.39, 0.29) is 7.92 Å². The molecule has 3 rings (SSSR count). The number of benzene rings is 1. The Kier molecular flexibility index (Phi) is 1.77. The summed E-state index contributed by atoms with van der Waals surface area (Å²) in [7, 11) is 0.0655. The van der Waals surface area contributed by atoms with Crippen LogP contribution in [0.25, 0.3) is 0 Å². The number of hydrogen-bond donors (Lipinski definition) is 0. The lowest BCUT2D eigenvalue weighted by molar-refractivity contribution is 0.408. The Morgan fingerprint density at radius 3 is 2.54 bits per heavy atom. The summed E-state index contributed by atoms with van der Waals surface area (Å²) in [6, 6.07) is 11.0. The minimum Gasteiger partial charge on any atom is -0.0800 e. The Morgan fingerprint density at radius 1 is 1.08 bits per heavy atom. The van der Waals surface area contributed by atoms with Crippen molar-refractivity contribution in [1.29, 1.82) is 0 Å². The first kappa shape index (κ1) is 7.76. The van der Waals surface area contributed by atoms with Crippen LogP contribution in [0.4, 0.5) is 0 Å². The summed E-state index contributed by atoms with van der Waals surface area (Å²) < 4.78 is 0. The number of hydrogen-bond acceptors (Lipinski definition) is 0. The van der Waals surface area contributed by atoms with Gasteiger partial charge in [-0.05, 0) is 37.6 Å². The van der Waals surface area contributed by atoms with E-state index in [1.54, 1.807) is 5.30 Å². The van der Waals surface area contributed by atoms with E-state index in [9.17, 15) is 0 Å². The van der Waals surface area contributed by atoms with Gasteiger partial charge in [0.2, 0.25) is 0 Å². The highest BCUT2D eigenvalue weighted by atomic mass is 31.1. The largest absolute Gasteiger partial charge is 0.0800 e. The van der Waals surface area contributed by atoms with Gasteiger partial charge < -0.3 is 0 Å². The van der Waals surface area contributed by atoms with Gasteiger partial charge in [0.25, 0.3) is 0 Å². The summed E-state index contributed by atoms with van der Waals surface area (Å²) in [5.74, 6) is 3.42. The SMILES string of the molecule is C1=CP(c2ccccc2)C2CCC12. The number of rotatable bonds is 1. The monoisotopic (exact) mass is 188 g/mol. The summed E-state index contributed by atoms with van der Waals surface area (Å²) in [5, 5.41) is 1.57. The van der Waals surface area contributed by atoms with Crippen molar-refractivity contribution in [1.82, 2.24) is 0 Å². The molecule has 1 aliphatic carbocycles. The van der Waals surface area contributed by atoms with Crippen LogP contribution in [-0.2, 0) is 0 Å². The van der Waals surface area contributed by atoms with Gasteiger partial charge in [-0.2, -0.15) is 0 Å². The Morgan fingerprint density at radius 2 is 1.92 bits per heavy atom. The van der Waals surface area contributed by atoms with Gasteiger partial charge in [0, 0.05) is 0 Å². The highest BCUT2D eigenvalue weighted by molar-refractivity contribution is 7.69. The average Bonchev–Trinajstić information content (AvgIpc) is 2.43. The van der Waals surface area contributed by atoms with Crippen molar-refractivity contribution in [3.05, 3.63) is 42.2 Å². The zero-order valence-corrected chi connectivity index (χ0v) is 8.45. The van der Waals surface area contributed by atoms with Crippen LogP contribution >= 0.6 is 7.92 Å². The second kappa shape index (κ2) is 2.96. The van der Waals surface area contributed by atoms with Gasteiger partial charge in [-0.15, -0.1) is 0 Å². The van der Waals surface area contributed by atoms with E-state index in [1.807, 2.05) is 0 Å². The van der Waals surface area contributed by atoms with Crippen molar-refractivity contribution in [3.8, 4) is 0 Å². The van der Waals surface area contributed by atoms with Crippen LogP contribution in [0.5, 0.6) is 0 Å². The van der Waals surface area contributed by atoms with E-state index in [1.165, 1.54) is 12.8 Å². The van der Waals surface area contributed by atoms with Gasteiger partial charge in [0.05, 0.1) is 0 Å². The van der Waals surface area contributed by atoms with Gasteiger partial charge in [0.1, 0.15) is 0 Å². The molecule has 0 nitrogen and oxygen atoms in total. The molecule has 2 aliphatic rings. The van der Waals surface area contributed by atoms with E-state index in [0.29, 0.717) is 0 Å². The first-order chi connectivity index (χ1) is 6.45. The molecule has 0 bridgehead atoms. The van der Waals surface area contributed by atoms with E-state index in [2.05, 4.69) is 42.2 Å². The molecule has 0 spiro atoms. The fraction of sp³-hybridized carbons (Fsp3) is 0.333. The fourth-order valence-corrected chi connectivity index (χ4v) is 5.06. The Hall–Kier alpha value is -0.610. The van der Waals surface area contributed by atoms with Crippen molar-refractivity contribution in [2.45, 2.75) is 18.5 Å². The van der Waals surface area contributed by atoms with Crippen LogP contribution in [0.15, 0.2) is 42.2 Å². The van der Waals surface area contributed by atoms with Crippen molar-refractivity contribution >= 4 is 13.2 Å². The standard InChI is InChI=1S/C12H13P/c1-2-4-11(5-3-1)13-9-8-10-6-7-12(10)13/h1-5,8-10,12H,6-7H2. The third kappa shape index (κ3) is 1.16. The summed E-state index contributed by atoms with van der Waals surface area (Å²) in [6.07, 6.45) is 5.35. The first-order valence-electron chi connectivity index (χ1n) is 4.97. The van der Waals surface area contributed by atoms with Gasteiger partial charge in [-0.3, -0.25) is 0 Å². The summed E-state index contributed by atoms with van der Waals surface area (Å²) in [6.45, 7) is 0. The minimum atomic E-state index is 0.0655. The van der Waals surface area contributed by atoms with Crippen LogP contribution in [-0.4, -0.2) is 5.66 Å². The lowest BCUT2D eigenvalue weighted by Gasteiger charge is -2.34. The zero-order valence-electron chi connectivity index (χ0n) is 7.56. The maximum atomic E-state index is 2.48. The molecule has 13 heavy (non-hydrogen) atoms. The predicted molar refractivity (Wildman–Crippen MR) is 58.6 cm³/mol. The molecule has 1 aliphatic heterocycles. The normalized spacial score (nSPS) is 35.5. The molecular weight excluding hydrogens is 175 g/mol. The summed E-state index contributed by atoms with van der Waals surface area (Å²) in [4.78, 5) is 0. The predicted octanol–water partition coefficient (Wildman–Crippen LogP) is 3.10. The Labute approximate surface area is 80.4 Å². The van der Waals surface area contributed by atoms with Crippen LogP contribution in [0.1, 0.15) is 12.8 Å².